The Morgan fingerprint density at radius 2 is 2.25 bits per heavy atom. The molecule has 0 aromatic heterocycles. The van der Waals surface area contributed by atoms with Crippen LogP contribution in [0.1, 0.15) is 18.4 Å². The van der Waals surface area contributed by atoms with Crippen LogP contribution >= 0.6 is 23.2 Å². The maximum atomic E-state index is 6.09. The van der Waals surface area contributed by atoms with Crippen molar-refractivity contribution in [2.24, 2.45) is 0 Å². The van der Waals surface area contributed by atoms with Gasteiger partial charge >= 0.3 is 0 Å². The lowest BCUT2D eigenvalue weighted by molar-refractivity contribution is 0.407. The minimum absolute atomic E-state index is 0.517. The van der Waals surface area contributed by atoms with Crippen LogP contribution in [0.25, 0.3) is 0 Å². The first-order valence-electron chi connectivity index (χ1n) is 5.46. The molecule has 2 nitrogen and oxygen atoms in total. The van der Waals surface area contributed by atoms with Crippen LogP contribution < -0.4 is 10.1 Å². The van der Waals surface area contributed by atoms with E-state index < -0.39 is 0 Å². The predicted octanol–water partition coefficient (Wildman–Crippen LogP) is 3.30. The summed E-state index contributed by atoms with van der Waals surface area (Å²) in [6, 6.07) is 4.17. The average molecular weight is 260 g/mol. The lowest BCUT2D eigenvalue weighted by Crippen LogP contribution is -2.23. The fraction of sp³-hybridized carbons (Fsp3) is 0.500. The van der Waals surface area contributed by atoms with Crippen LogP contribution in [0, 0.1) is 0 Å². The molecule has 4 heteroatoms. The van der Waals surface area contributed by atoms with Gasteiger partial charge in [-0.2, -0.15) is 0 Å². The molecule has 1 aromatic carbocycles. The van der Waals surface area contributed by atoms with E-state index >= 15 is 0 Å². The highest BCUT2D eigenvalue weighted by atomic mass is 35.5. The van der Waals surface area contributed by atoms with E-state index in [0.717, 1.165) is 24.3 Å². The molecule has 1 aliphatic heterocycles. The average Bonchev–Trinajstić information content (AvgIpc) is 2.70. The Hall–Kier alpha value is -0.440. The highest BCUT2D eigenvalue weighted by Gasteiger charge is 2.18. The van der Waals surface area contributed by atoms with Crippen molar-refractivity contribution < 1.29 is 4.74 Å². The molecule has 1 heterocycles. The van der Waals surface area contributed by atoms with E-state index in [4.69, 9.17) is 27.9 Å². The summed E-state index contributed by atoms with van der Waals surface area (Å²) in [6.45, 7) is 1.10. The molecular weight excluding hydrogens is 245 g/mol. The molecule has 16 heavy (non-hydrogen) atoms. The molecule has 0 saturated carbocycles. The van der Waals surface area contributed by atoms with Crippen molar-refractivity contribution in [2.75, 3.05) is 13.7 Å². The second-order valence-electron chi connectivity index (χ2n) is 4.08. The molecule has 2 rings (SSSR count). The van der Waals surface area contributed by atoms with E-state index in [2.05, 4.69) is 5.32 Å². The summed E-state index contributed by atoms with van der Waals surface area (Å²) in [5.74, 6) is 0.750. The lowest BCUT2D eigenvalue weighted by Gasteiger charge is -2.15. The van der Waals surface area contributed by atoms with E-state index in [1.54, 1.807) is 13.2 Å². The van der Waals surface area contributed by atoms with Crippen molar-refractivity contribution in [1.82, 2.24) is 5.32 Å². The number of hydrogen-bond acceptors (Lipinski definition) is 2. The number of hydrogen-bond donors (Lipinski definition) is 1. The number of nitrogens with one attached hydrogen (secondary N) is 1. The third-order valence-electron chi connectivity index (χ3n) is 2.92. The van der Waals surface area contributed by atoms with Crippen LogP contribution in [0.15, 0.2) is 12.1 Å². The van der Waals surface area contributed by atoms with E-state index in [1.165, 1.54) is 12.8 Å². The Kier molecular flexibility index (Phi) is 3.95. The zero-order valence-corrected chi connectivity index (χ0v) is 10.7. The topological polar surface area (TPSA) is 21.3 Å². The van der Waals surface area contributed by atoms with Gasteiger partial charge in [-0.1, -0.05) is 23.2 Å². The molecule has 1 unspecified atom stereocenters. The number of ether oxygens (including phenoxy) is 1. The Morgan fingerprint density at radius 3 is 2.88 bits per heavy atom. The zero-order valence-electron chi connectivity index (χ0n) is 9.22. The van der Waals surface area contributed by atoms with Crippen molar-refractivity contribution in [3.05, 3.63) is 27.7 Å². The quantitative estimate of drug-likeness (QED) is 0.900. The van der Waals surface area contributed by atoms with Gasteiger partial charge in [0.15, 0.2) is 0 Å². The first-order chi connectivity index (χ1) is 7.70. The Balaban J connectivity index is 2.23. The smallest absolute Gasteiger partial charge is 0.140 e. The van der Waals surface area contributed by atoms with Gasteiger partial charge in [0, 0.05) is 11.1 Å². The molecule has 1 atom stereocenters. The van der Waals surface area contributed by atoms with E-state index in [1.807, 2.05) is 6.07 Å². The van der Waals surface area contributed by atoms with Crippen molar-refractivity contribution in [2.45, 2.75) is 25.3 Å². The number of methoxy groups -OCH3 is 1. The van der Waals surface area contributed by atoms with Gasteiger partial charge in [0.25, 0.3) is 0 Å². The van der Waals surface area contributed by atoms with Crippen LogP contribution in [-0.4, -0.2) is 19.7 Å². The molecular formula is C12H15Cl2NO. The molecule has 0 aliphatic carbocycles. The number of halogens is 2. The standard InChI is InChI=1S/C12H15Cl2NO/c1-16-12-8(5-9(13)7-11(12)14)6-10-3-2-4-15-10/h5,7,10,15H,2-4,6H2,1H3. The minimum atomic E-state index is 0.517. The molecule has 1 fully saturated rings. The molecule has 0 bridgehead atoms. The van der Waals surface area contributed by atoms with Gasteiger partial charge in [0.05, 0.1) is 12.1 Å². The summed E-state index contributed by atoms with van der Waals surface area (Å²) in [5, 5.41) is 4.71. The molecule has 0 amide bonds. The highest BCUT2D eigenvalue weighted by Crippen LogP contribution is 2.33. The summed E-state index contributed by atoms with van der Waals surface area (Å²) >= 11 is 12.1. The first kappa shape index (κ1) is 12.0. The van der Waals surface area contributed by atoms with Crippen molar-refractivity contribution in [1.29, 1.82) is 0 Å². The van der Waals surface area contributed by atoms with E-state index in [-0.39, 0.29) is 0 Å². The minimum Gasteiger partial charge on any atom is -0.495 e. The molecule has 0 spiro atoms. The Bertz CT molecular complexity index is 376. The van der Waals surface area contributed by atoms with Crippen LogP contribution in [0.3, 0.4) is 0 Å². The van der Waals surface area contributed by atoms with Crippen LogP contribution in [0.5, 0.6) is 5.75 Å². The lowest BCUT2D eigenvalue weighted by atomic mass is 10.0. The largest absolute Gasteiger partial charge is 0.495 e. The highest BCUT2D eigenvalue weighted by molar-refractivity contribution is 6.35. The second kappa shape index (κ2) is 5.26. The zero-order chi connectivity index (χ0) is 11.5. The third kappa shape index (κ3) is 2.62. The summed E-state index contributed by atoms with van der Waals surface area (Å²) in [6.07, 6.45) is 3.36. The molecule has 0 radical (unpaired) electrons. The molecule has 1 saturated heterocycles. The molecule has 88 valence electrons. The predicted molar refractivity (Wildman–Crippen MR) is 67.7 cm³/mol. The fourth-order valence-electron chi connectivity index (χ4n) is 2.19. The van der Waals surface area contributed by atoms with Gasteiger partial charge in [0.1, 0.15) is 5.75 Å². The third-order valence-corrected chi connectivity index (χ3v) is 3.42. The Morgan fingerprint density at radius 1 is 1.44 bits per heavy atom. The van der Waals surface area contributed by atoms with Crippen molar-refractivity contribution in [3.8, 4) is 5.75 Å². The maximum Gasteiger partial charge on any atom is 0.140 e. The van der Waals surface area contributed by atoms with Gasteiger partial charge in [-0.05, 0) is 43.5 Å². The van der Waals surface area contributed by atoms with Crippen LogP contribution in [0.2, 0.25) is 10.0 Å². The van der Waals surface area contributed by atoms with E-state index in [9.17, 15) is 0 Å². The van der Waals surface area contributed by atoms with Gasteiger partial charge in [0.2, 0.25) is 0 Å². The SMILES string of the molecule is COc1c(Cl)cc(Cl)cc1CC1CCCN1. The van der Waals surface area contributed by atoms with Crippen LogP contribution in [0.4, 0.5) is 0 Å². The van der Waals surface area contributed by atoms with Gasteiger partial charge in [-0.25, -0.2) is 0 Å². The molecule has 1 aliphatic rings. The van der Waals surface area contributed by atoms with Gasteiger partial charge < -0.3 is 10.1 Å². The summed E-state index contributed by atoms with van der Waals surface area (Å²) < 4.78 is 5.32. The fourth-order valence-corrected chi connectivity index (χ4v) is 2.80. The summed E-state index contributed by atoms with van der Waals surface area (Å²) in [4.78, 5) is 0. The monoisotopic (exact) mass is 259 g/mol. The van der Waals surface area contributed by atoms with Gasteiger partial charge in [-0.15, -0.1) is 0 Å². The normalized spacial score (nSPS) is 20.1. The van der Waals surface area contributed by atoms with Crippen LogP contribution in [-0.2, 0) is 6.42 Å². The van der Waals surface area contributed by atoms with E-state index in [0.29, 0.717) is 16.1 Å². The van der Waals surface area contributed by atoms with Crippen molar-refractivity contribution >= 4 is 23.2 Å². The second-order valence-corrected chi connectivity index (χ2v) is 4.92. The number of rotatable bonds is 3. The molecule has 1 aromatic rings. The molecule has 1 N–H and O–H groups in total. The van der Waals surface area contributed by atoms with Gasteiger partial charge in [-0.3, -0.25) is 0 Å². The first-order valence-corrected chi connectivity index (χ1v) is 6.21. The summed E-state index contributed by atoms with van der Waals surface area (Å²) in [7, 11) is 1.64. The van der Waals surface area contributed by atoms with Crippen molar-refractivity contribution in [3.63, 3.8) is 0 Å². The summed E-state index contributed by atoms with van der Waals surface area (Å²) in [5.41, 5.74) is 1.08. The maximum absolute atomic E-state index is 6.09. The Labute approximate surface area is 106 Å². The number of benzene rings is 1.